The predicted octanol–water partition coefficient (Wildman–Crippen LogP) is -1.96. The van der Waals surface area contributed by atoms with Gasteiger partial charge in [-0.2, -0.15) is 0 Å². The lowest BCUT2D eigenvalue weighted by molar-refractivity contribution is -0.137. The molecule has 0 heterocycles. The van der Waals surface area contributed by atoms with E-state index in [9.17, 15) is 9.59 Å². The molecule has 27 heavy (non-hydrogen) atoms. The zero-order valence-electron chi connectivity index (χ0n) is 15.4. The smallest absolute Gasteiger partial charge is 0.315 e. The molecule has 11 nitrogen and oxygen atoms in total. The summed E-state index contributed by atoms with van der Waals surface area (Å²) in [6, 6.07) is -1.13. The summed E-state index contributed by atoms with van der Waals surface area (Å²) in [5.74, 6) is -0.850. The maximum absolute atomic E-state index is 11.9. The summed E-state index contributed by atoms with van der Waals surface area (Å²) in [7, 11) is 0. The van der Waals surface area contributed by atoms with Gasteiger partial charge in [0, 0.05) is 13.0 Å². The van der Waals surface area contributed by atoms with Crippen molar-refractivity contribution >= 4 is 12.0 Å². The van der Waals surface area contributed by atoms with Gasteiger partial charge in [0.2, 0.25) is 0 Å². The van der Waals surface area contributed by atoms with Gasteiger partial charge in [-0.1, -0.05) is 6.42 Å². The van der Waals surface area contributed by atoms with Crippen molar-refractivity contribution < 1.29 is 44.6 Å². The Morgan fingerprint density at radius 1 is 0.815 bits per heavy atom. The number of urea groups is 1. The minimum absolute atomic E-state index is 0.0542. The third-order valence-electron chi connectivity index (χ3n) is 3.57. The van der Waals surface area contributed by atoms with Gasteiger partial charge < -0.3 is 45.6 Å². The first-order chi connectivity index (χ1) is 13.0. The zero-order valence-corrected chi connectivity index (χ0v) is 15.4. The highest BCUT2D eigenvalue weighted by Gasteiger charge is 2.18. The lowest BCUT2D eigenvalue weighted by Crippen LogP contribution is -2.48. The predicted molar refractivity (Wildman–Crippen MR) is 94.2 cm³/mol. The fraction of sp³-hybridized carbons (Fsp3) is 0.875. The van der Waals surface area contributed by atoms with Gasteiger partial charge in [0.15, 0.2) is 0 Å². The number of carboxylic acids is 1. The number of hydrogen-bond acceptors (Lipinski definition) is 8. The second kappa shape index (κ2) is 16.7. The molecule has 0 bridgehead atoms. The van der Waals surface area contributed by atoms with E-state index in [-0.39, 0.29) is 46.1 Å². The van der Waals surface area contributed by atoms with Crippen LogP contribution in [0, 0.1) is 0 Å². The third kappa shape index (κ3) is 14.3. The summed E-state index contributed by atoms with van der Waals surface area (Å²) >= 11 is 0. The Bertz CT molecular complexity index is 374. The molecule has 0 radical (unpaired) electrons. The number of hydrogen-bond donors (Lipinski definition) is 7. The van der Waals surface area contributed by atoms with E-state index in [4.69, 9.17) is 35.0 Å². The van der Waals surface area contributed by atoms with Gasteiger partial charge >= 0.3 is 12.0 Å². The van der Waals surface area contributed by atoms with Crippen LogP contribution in [0.15, 0.2) is 0 Å². The fourth-order valence-corrected chi connectivity index (χ4v) is 1.98. The summed E-state index contributed by atoms with van der Waals surface area (Å²) in [4.78, 5) is 22.3. The highest BCUT2D eigenvalue weighted by molar-refractivity contribution is 5.74. The van der Waals surface area contributed by atoms with Gasteiger partial charge in [-0.3, -0.25) is 4.79 Å². The molecular weight excluding hydrogens is 364 g/mol. The van der Waals surface area contributed by atoms with E-state index in [1.165, 1.54) is 0 Å². The minimum Gasteiger partial charge on any atom is -0.481 e. The molecule has 160 valence electrons. The second-order valence-corrected chi connectivity index (χ2v) is 5.94. The van der Waals surface area contributed by atoms with Crippen molar-refractivity contribution in [1.29, 1.82) is 0 Å². The maximum atomic E-state index is 11.9. The highest BCUT2D eigenvalue weighted by atomic mass is 16.5. The number of rotatable bonds is 17. The molecule has 0 aliphatic heterocycles. The SMILES string of the molecule is O=C(O)CCCCCNC(=O)NC(COC(CO)CO)COC(CO)CO. The van der Waals surface area contributed by atoms with Crippen LogP contribution in [0.3, 0.4) is 0 Å². The minimum atomic E-state index is -0.850. The number of aliphatic hydroxyl groups excluding tert-OH is 4. The molecular formula is C16H32N2O9. The Balaban J connectivity index is 4.28. The number of amides is 2. The number of unbranched alkanes of at least 4 members (excludes halogenated alkanes) is 2. The summed E-state index contributed by atoms with van der Waals surface area (Å²) in [5.41, 5.74) is 0. The van der Waals surface area contributed by atoms with Crippen molar-refractivity contribution in [2.45, 2.75) is 43.9 Å². The Morgan fingerprint density at radius 3 is 1.78 bits per heavy atom. The third-order valence-corrected chi connectivity index (χ3v) is 3.57. The molecule has 11 heteroatoms. The summed E-state index contributed by atoms with van der Waals surface area (Å²) < 4.78 is 10.6. The largest absolute Gasteiger partial charge is 0.481 e. The van der Waals surface area contributed by atoms with Gasteiger partial charge in [-0.25, -0.2) is 4.79 Å². The number of aliphatic hydroxyl groups is 4. The lowest BCUT2D eigenvalue weighted by atomic mass is 10.2. The number of ether oxygens (including phenoxy) is 2. The molecule has 0 aliphatic rings. The Labute approximate surface area is 158 Å². The van der Waals surface area contributed by atoms with E-state index in [1.807, 2.05) is 0 Å². The molecule has 0 aromatic heterocycles. The van der Waals surface area contributed by atoms with E-state index in [0.717, 1.165) is 0 Å². The first-order valence-electron chi connectivity index (χ1n) is 8.89. The highest BCUT2D eigenvalue weighted by Crippen LogP contribution is 2.00. The topological polar surface area (TPSA) is 178 Å². The maximum Gasteiger partial charge on any atom is 0.315 e. The fourth-order valence-electron chi connectivity index (χ4n) is 1.98. The first-order valence-corrected chi connectivity index (χ1v) is 8.89. The number of carboxylic acid groups (broad SMARTS) is 1. The average molecular weight is 396 g/mol. The monoisotopic (exact) mass is 396 g/mol. The summed E-state index contributed by atoms with van der Waals surface area (Å²) in [6.45, 7) is -1.29. The van der Waals surface area contributed by atoms with Crippen LogP contribution >= 0.6 is 0 Å². The molecule has 0 saturated carbocycles. The van der Waals surface area contributed by atoms with Gasteiger partial charge in [0.05, 0.1) is 45.7 Å². The first kappa shape index (κ1) is 25.5. The van der Waals surface area contributed by atoms with Crippen molar-refractivity contribution in [3.63, 3.8) is 0 Å². The average Bonchev–Trinajstić information content (AvgIpc) is 2.65. The van der Waals surface area contributed by atoms with Gasteiger partial charge in [-0.05, 0) is 12.8 Å². The van der Waals surface area contributed by atoms with Crippen LogP contribution in [-0.2, 0) is 14.3 Å². The van der Waals surface area contributed by atoms with Crippen molar-refractivity contribution in [3.8, 4) is 0 Å². The van der Waals surface area contributed by atoms with E-state index >= 15 is 0 Å². The van der Waals surface area contributed by atoms with Crippen LogP contribution in [-0.4, -0.2) is 102 Å². The van der Waals surface area contributed by atoms with Gasteiger partial charge in [0.25, 0.3) is 0 Å². The Kier molecular flexibility index (Phi) is 15.7. The lowest BCUT2D eigenvalue weighted by Gasteiger charge is -2.23. The molecule has 0 atom stereocenters. The van der Waals surface area contributed by atoms with Gasteiger partial charge in [0.1, 0.15) is 12.2 Å². The molecule has 0 spiro atoms. The molecule has 0 unspecified atom stereocenters. The van der Waals surface area contributed by atoms with Crippen LogP contribution < -0.4 is 10.6 Å². The molecule has 2 amide bonds. The number of aliphatic carboxylic acids is 1. The van der Waals surface area contributed by atoms with E-state index in [2.05, 4.69) is 10.6 Å². The Morgan fingerprint density at radius 2 is 1.33 bits per heavy atom. The summed E-state index contributed by atoms with van der Waals surface area (Å²) in [5, 5.41) is 49.9. The molecule has 0 aromatic rings. The molecule has 0 saturated heterocycles. The molecule has 0 aromatic carbocycles. The van der Waals surface area contributed by atoms with Crippen molar-refractivity contribution in [3.05, 3.63) is 0 Å². The normalized spacial score (nSPS) is 11.4. The molecule has 0 rings (SSSR count). The molecule has 0 fully saturated rings. The van der Waals surface area contributed by atoms with Crippen LogP contribution in [0.2, 0.25) is 0 Å². The van der Waals surface area contributed by atoms with Crippen molar-refractivity contribution in [1.82, 2.24) is 10.6 Å². The van der Waals surface area contributed by atoms with Crippen molar-refractivity contribution in [2.75, 3.05) is 46.2 Å². The van der Waals surface area contributed by atoms with E-state index in [0.29, 0.717) is 25.8 Å². The van der Waals surface area contributed by atoms with Crippen LogP contribution in [0.4, 0.5) is 4.79 Å². The molecule has 7 N–H and O–H groups in total. The number of carbonyl (C=O) groups is 2. The Hall–Kier alpha value is -1.50. The van der Waals surface area contributed by atoms with Crippen LogP contribution in [0.5, 0.6) is 0 Å². The van der Waals surface area contributed by atoms with Crippen LogP contribution in [0.1, 0.15) is 25.7 Å². The number of carbonyl (C=O) groups excluding carboxylic acids is 1. The van der Waals surface area contributed by atoms with Crippen LogP contribution in [0.25, 0.3) is 0 Å². The quantitative estimate of drug-likeness (QED) is 0.137. The van der Waals surface area contributed by atoms with E-state index < -0.39 is 30.3 Å². The van der Waals surface area contributed by atoms with E-state index in [1.54, 1.807) is 0 Å². The second-order valence-electron chi connectivity index (χ2n) is 5.94. The molecule has 0 aliphatic carbocycles. The summed E-state index contributed by atoms with van der Waals surface area (Å²) in [6.07, 6.45) is 0.349. The number of nitrogens with one attached hydrogen (secondary N) is 2. The van der Waals surface area contributed by atoms with Crippen molar-refractivity contribution in [2.24, 2.45) is 0 Å². The zero-order chi connectivity index (χ0) is 20.5. The standard InChI is InChI=1S/C16H32N2O9/c19-6-13(7-20)26-10-12(11-27-14(8-21)9-22)18-16(25)17-5-3-1-2-4-15(23)24/h12-14,19-22H,1-11H2,(H,23,24)(H2,17,18,25). The van der Waals surface area contributed by atoms with Gasteiger partial charge in [-0.15, -0.1) is 0 Å².